The van der Waals surface area contributed by atoms with Crippen molar-refractivity contribution >= 4 is 40.0 Å². The van der Waals surface area contributed by atoms with Crippen molar-refractivity contribution in [3.05, 3.63) is 34.3 Å². The van der Waals surface area contributed by atoms with E-state index in [4.69, 9.17) is 11.6 Å². The lowest BCUT2D eigenvalue weighted by molar-refractivity contribution is 0.100. The minimum atomic E-state index is 0.0810. The summed E-state index contributed by atoms with van der Waals surface area (Å²) in [5, 5.41) is 0.594. The third-order valence-electron chi connectivity index (χ3n) is 2.03. The number of ketones is 1. The van der Waals surface area contributed by atoms with E-state index in [0.29, 0.717) is 5.02 Å². The molecule has 0 spiro atoms. The van der Waals surface area contributed by atoms with Crippen LogP contribution in [0.1, 0.15) is 15.9 Å². The zero-order chi connectivity index (χ0) is 8.72. The van der Waals surface area contributed by atoms with E-state index < -0.39 is 0 Å². The smallest absolute Gasteiger partial charge is 0.177 e. The number of rotatable bonds is 0. The average molecular weight is 293 g/mol. The molecule has 1 aliphatic rings. The fraction of sp³-hybridized carbons (Fsp3) is 0.222. The highest BCUT2D eigenvalue weighted by atomic mass is 127. The Kier molecular flexibility index (Phi) is 2.12. The van der Waals surface area contributed by atoms with Crippen molar-refractivity contribution in [1.82, 2.24) is 0 Å². The van der Waals surface area contributed by atoms with Gasteiger partial charge in [0.15, 0.2) is 5.78 Å². The predicted octanol–water partition coefficient (Wildman–Crippen LogP) is 2.88. The number of carbonyl (C=O) groups is 1. The third kappa shape index (κ3) is 1.17. The number of fused-ring (bicyclic) bond motifs is 1. The van der Waals surface area contributed by atoms with Crippen molar-refractivity contribution in [1.29, 1.82) is 0 Å². The summed E-state index contributed by atoms with van der Waals surface area (Å²) in [7, 11) is 0. The second-order valence-corrected chi connectivity index (χ2v) is 4.72. The average Bonchev–Trinajstić information content (AvgIpc) is 2.29. The molecule has 1 aliphatic carbocycles. The van der Waals surface area contributed by atoms with Crippen LogP contribution in [-0.4, -0.2) is 9.71 Å². The molecular formula is C9H6ClIO. The first-order valence-electron chi connectivity index (χ1n) is 3.66. The number of Topliss-reactive ketones (excluding diaryl/α,β-unsaturated/α-hetero) is 1. The predicted molar refractivity (Wildman–Crippen MR) is 57.3 cm³/mol. The maximum Gasteiger partial charge on any atom is 0.177 e. The van der Waals surface area contributed by atoms with Gasteiger partial charge in [-0.05, 0) is 18.1 Å². The van der Waals surface area contributed by atoms with Gasteiger partial charge in [-0.15, -0.1) is 0 Å². The maximum atomic E-state index is 11.5. The molecule has 0 saturated heterocycles. The molecule has 0 heterocycles. The van der Waals surface area contributed by atoms with Crippen LogP contribution < -0.4 is 0 Å². The Morgan fingerprint density at radius 1 is 1.50 bits per heavy atom. The number of alkyl halides is 1. The Morgan fingerprint density at radius 3 is 2.92 bits per heavy atom. The molecule has 0 bridgehead atoms. The number of halogens is 2. The highest BCUT2D eigenvalue weighted by molar-refractivity contribution is 14.1. The van der Waals surface area contributed by atoms with E-state index in [2.05, 4.69) is 22.6 Å². The van der Waals surface area contributed by atoms with Gasteiger partial charge < -0.3 is 0 Å². The molecular weight excluding hydrogens is 286 g/mol. The van der Waals surface area contributed by atoms with E-state index in [0.717, 1.165) is 17.5 Å². The highest BCUT2D eigenvalue weighted by Crippen LogP contribution is 2.31. The molecule has 3 heteroatoms. The van der Waals surface area contributed by atoms with Gasteiger partial charge in [0.05, 0.1) is 8.95 Å². The fourth-order valence-electron chi connectivity index (χ4n) is 1.46. The Labute approximate surface area is 89.2 Å². The molecule has 1 unspecified atom stereocenters. The Balaban J connectivity index is 2.62. The molecule has 0 saturated carbocycles. The second-order valence-electron chi connectivity index (χ2n) is 2.81. The van der Waals surface area contributed by atoms with Crippen LogP contribution in [0.2, 0.25) is 5.02 Å². The van der Waals surface area contributed by atoms with E-state index in [1.54, 1.807) is 6.07 Å². The third-order valence-corrected chi connectivity index (χ3v) is 3.35. The number of carbonyl (C=O) groups excluding carboxylic acids is 1. The Hall–Kier alpha value is -0.0900. The van der Waals surface area contributed by atoms with Crippen molar-refractivity contribution in [2.45, 2.75) is 10.3 Å². The van der Waals surface area contributed by atoms with Gasteiger partial charge in [-0.25, -0.2) is 0 Å². The Morgan fingerprint density at radius 2 is 2.25 bits per heavy atom. The van der Waals surface area contributed by atoms with E-state index in [1.165, 1.54) is 0 Å². The molecule has 1 nitrogen and oxygen atoms in total. The van der Waals surface area contributed by atoms with Crippen LogP contribution in [0.15, 0.2) is 18.2 Å². The molecule has 0 radical (unpaired) electrons. The van der Waals surface area contributed by atoms with Crippen molar-refractivity contribution in [3.8, 4) is 0 Å². The quantitative estimate of drug-likeness (QED) is 0.531. The molecule has 1 aromatic rings. The summed E-state index contributed by atoms with van der Waals surface area (Å²) in [4.78, 5) is 11.5. The monoisotopic (exact) mass is 292 g/mol. The van der Waals surface area contributed by atoms with Crippen LogP contribution in [0.4, 0.5) is 0 Å². The van der Waals surface area contributed by atoms with Gasteiger partial charge in [0.25, 0.3) is 0 Å². The standard InChI is InChI=1S/C9H6ClIO/c10-6-3-1-2-5-4-7(11)9(12)8(5)6/h1-3,7H,4H2. The summed E-state index contributed by atoms with van der Waals surface area (Å²) in [5.41, 5.74) is 1.82. The second kappa shape index (κ2) is 3.00. The first kappa shape index (κ1) is 8.51. The maximum absolute atomic E-state index is 11.5. The highest BCUT2D eigenvalue weighted by Gasteiger charge is 2.29. The van der Waals surface area contributed by atoms with Crippen LogP contribution in [0.3, 0.4) is 0 Å². The first-order chi connectivity index (χ1) is 5.70. The van der Waals surface area contributed by atoms with Crippen LogP contribution in [-0.2, 0) is 6.42 Å². The van der Waals surface area contributed by atoms with Crippen molar-refractivity contribution < 1.29 is 4.79 Å². The lowest BCUT2D eigenvalue weighted by Gasteiger charge is -1.97. The van der Waals surface area contributed by atoms with Crippen molar-refractivity contribution in [2.75, 3.05) is 0 Å². The van der Waals surface area contributed by atoms with Gasteiger partial charge in [-0.3, -0.25) is 4.79 Å². The van der Waals surface area contributed by atoms with Gasteiger partial charge in [-0.2, -0.15) is 0 Å². The molecule has 62 valence electrons. The minimum Gasteiger partial charge on any atom is -0.293 e. The summed E-state index contributed by atoms with van der Waals surface area (Å²) >= 11 is 8.07. The molecule has 1 aromatic carbocycles. The summed E-state index contributed by atoms with van der Waals surface area (Å²) in [6.07, 6.45) is 0.829. The fourth-order valence-corrected chi connectivity index (χ4v) is 2.53. The van der Waals surface area contributed by atoms with Gasteiger partial charge in [0, 0.05) is 5.56 Å². The van der Waals surface area contributed by atoms with E-state index >= 15 is 0 Å². The van der Waals surface area contributed by atoms with Crippen LogP contribution >= 0.6 is 34.2 Å². The van der Waals surface area contributed by atoms with Crippen molar-refractivity contribution in [2.24, 2.45) is 0 Å². The molecule has 0 amide bonds. The molecule has 0 aliphatic heterocycles. The van der Waals surface area contributed by atoms with Crippen LogP contribution in [0, 0.1) is 0 Å². The van der Waals surface area contributed by atoms with E-state index in [1.807, 2.05) is 12.1 Å². The Bertz CT molecular complexity index is 348. The topological polar surface area (TPSA) is 17.1 Å². The number of benzene rings is 1. The SMILES string of the molecule is O=C1c2c(Cl)cccc2CC1I. The molecule has 1 atom stereocenters. The summed E-state index contributed by atoms with van der Waals surface area (Å²) in [5.74, 6) is 0.177. The lowest BCUT2D eigenvalue weighted by Crippen LogP contribution is -2.06. The zero-order valence-electron chi connectivity index (χ0n) is 6.18. The summed E-state index contributed by atoms with van der Waals surface area (Å²) in [6, 6.07) is 5.63. The largest absolute Gasteiger partial charge is 0.293 e. The summed E-state index contributed by atoms with van der Waals surface area (Å²) < 4.78 is 0.0810. The first-order valence-corrected chi connectivity index (χ1v) is 5.28. The van der Waals surface area contributed by atoms with Gasteiger partial charge in [0.2, 0.25) is 0 Å². The molecule has 0 fully saturated rings. The zero-order valence-corrected chi connectivity index (χ0v) is 9.09. The number of hydrogen-bond donors (Lipinski definition) is 0. The molecule has 0 N–H and O–H groups in total. The van der Waals surface area contributed by atoms with Crippen LogP contribution in [0.25, 0.3) is 0 Å². The summed E-state index contributed by atoms with van der Waals surface area (Å²) in [6.45, 7) is 0. The van der Waals surface area contributed by atoms with E-state index in [-0.39, 0.29) is 9.71 Å². The molecule has 2 rings (SSSR count). The van der Waals surface area contributed by atoms with Crippen molar-refractivity contribution in [3.63, 3.8) is 0 Å². The minimum absolute atomic E-state index is 0.0810. The normalized spacial score (nSPS) is 21.2. The lowest BCUT2D eigenvalue weighted by atomic mass is 10.1. The number of hydrogen-bond acceptors (Lipinski definition) is 1. The van der Waals surface area contributed by atoms with Gasteiger partial charge >= 0.3 is 0 Å². The van der Waals surface area contributed by atoms with Gasteiger partial charge in [-0.1, -0.05) is 46.3 Å². The van der Waals surface area contributed by atoms with Gasteiger partial charge in [0.1, 0.15) is 0 Å². The van der Waals surface area contributed by atoms with Crippen LogP contribution in [0.5, 0.6) is 0 Å². The van der Waals surface area contributed by atoms with E-state index in [9.17, 15) is 4.79 Å². The molecule has 0 aromatic heterocycles. The molecule has 12 heavy (non-hydrogen) atoms.